The summed E-state index contributed by atoms with van der Waals surface area (Å²) >= 11 is 0. The summed E-state index contributed by atoms with van der Waals surface area (Å²) < 4.78 is 5.21. The van der Waals surface area contributed by atoms with Crippen molar-refractivity contribution >= 4 is 11.8 Å². The third-order valence-electron chi connectivity index (χ3n) is 5.04. The number of amides is 2. The van der Waals surface area contributed by atoms with Crippen LogP contribution in [0, 0.1) is 13.8 Å². The highest BCUT2D eigenvalue weighted by Crippen LogP contribution is 2.17. The third-order valence-corrected chi connectivity index (χ3v) is 5.04. The minimum atomic E-state index is -0.571. The molecule has 29 heavy (non-hydrogen) atoms. The molecule has 0 spiro atoms. The van der Waals surface area contributed by atoms with Crippen molar-refractivity contribution in [3.05, 3.63) is 64.7 Å². The zero-order valence-electron chi connectivity index (χ0n) is 18.3. The molecule has 2 rings (SSSR count). The van der Waals surface area contributed by atoms with Gasteiger partial charge in [0.15, 0.2) is 0 Å². The number of ether oxygens (including phenoxy) is 1. The van der Waals surface area contributed by atoms with E-state index in [0.29, 0.717) is 6.54 Å². The smallest absolute Gasteiger partial charge is 0.242 e. The summed E-state index contributed by atoms with van der Waals surface area (Å²) in [6, 6.07) is 13.1. The predicted molar refractivity (Wildman–Crippen MR) is 116 cm³/mol. The molecule has 2 aromatic carbocycles. The number of aryl methyl sites for hydroxylation is 2. The van der Waals surface area contributed by atoms with Crippen LogP contribution in [0.4, 0.5) is 0 Å². The van der Waals surface area contributed by atoms with Gasteiger partial charge in [0.05, 0.1) is 13.5 Å². The standard InChI is InChI=1S/C24H32N2O3/c1-16(2)25-24(28)19(5)26(15-20-9-11-22(29-6)12-10-20)23(27)14-21-8-7-17(3)18(4)13-21/h7-13,16,19H,14-15H2,1-6H3,(H,25,28). The molecule has 0 aliphatic rings. The number of hydrogen-bond donors (Lipinski definition) is 1. The molecule has 1 N–H and O–H groups in total. The van der Waals surface area contributed by atoms with Gasteiger partial charge in [-0.05, 0) is 69.0 Å². The van der Waals surface area contributed by atoms with Crippen molar-refractivity contribution in [2.75, 3.05) is 7.11 Å². The van der Waals surface area contributed by atoms with E-state index in [4.69, 9.17) is 4.74 Å². The lowest BCUT2D eigenvalue weighted by atomic mass is 10.0. The van der Waals surface area contributed by atoms with E-state index in [0.717, 1.165) is 22.4 Å². The molecule has 0 saturated heterocycles. The van der Waals surface area contributed by atoms with Gasteiger partial charge in [0, 0.05) is 12.6 Å². The minimum absolute atomic E-state index is 0.0163. The second kappa shape index (κ2) is 10.1. The lowest BCUT2D eigenvalue weighted by Crippen LogP contribution is -2.49. The Labute approximate surface area is 174 Å². The molecule has 0 radical (unpaired) electrons. The van der Waals surface area contributed by atoms with Gasteiger partial charge in [0.1, 0.15) is 11.8 Å². The predicted octanol–water partition coefficient (Wildman–Crippen LogP) is 3.80. The summed E-state index contributed by atoms with van der Waals surface area (Å²) in [6.45, 7) is 10.1. The van der Waals surface area contributed by atoms with Gasteiger partial charge in [-0.25, -0.2) is 0 Å². The summed E-state index contributed by atoms with van der Waals surface area (Å²) in [6.07, 6.45) is 0.260. The summed E-state index contributed by atoms with van der Waals surface area (Å²) in [5.74, 6) is 0.532. The zero-order valence-corrected chi connectivity index (χ0v) is 18.3. The maximum atomic E-state index is 13.2. The largest absolute Gasteiger partial charge is 0.497 e. The van der Waals surface area contributed by atoms with Crippen molar-refractivity contribution in [1.29, 1.82) is 0 Å². The van der Waals surface area contributed by atoms with E-state index in [1.165, 1.54) is 5.56 Å². The molecule has 2 amide bonds. The van der Waals surface area contributed by atoms with E-state index in [-0.39, 0.29) is 24.3 Å². The second-order valence-corrected chi connectivity index (χ2v) is 7.80. The Kier molecular flexibility index (Phi) is 7.82. The fourth-order valence-corrected chi connectivity index (χ4v) is 3.11. The van der Waals surface area contributed by atoms with Crippen LogP contribution in [-0.2, 0) is 22.6 Å². The molecule has 1 atom stereocenters. The van der Waals surface area contributed by atoms with E-state index in [1.807, 2.05) is 63.2 Å². The van der Waals surface area contributed by atoms with Gasteiger partial charge in [-0.15, -0.1) is 0 Å². The fraction of sp³-hybridized carbons (Fsp3) is 0.417. The molecule has 0 heterocycles. The van der Waals surface area contributed by atoms with Crippen LogP contribution in [0.5, 0.6) is 5.75 Å². The number of rotatable bonds is 8. The first kappa shape index (κ1) is 22.5. The molecule has 0 fully saturated rings. The Hall–Kier alpha value is -2.82. The van der Waals surface area contributed by atoms with E-state index in [1.54, 1.807) is 18.9 Å². The van der Waals surface area contributed by atoms with Crippen molar-refractivity contribution in [2.24, 2.45) is 0 Å². The molecule has 0 bridgehead atoms. The molecule has 5 nitrogen and oxygen atoms in total. The van der Waals surface area contributed by atoms with Crippen molar-refractivity contribution in [3.8, 4) is 5.75 Å². The second-order valence-electron chi connectivity index (χ2n) is 7.80. The number of carbonyl (C=O) groups excluding carboxylic acids is 2. The Morgan fingerprint density at radius 2 is 1.59 bits per heavy atom. The number of nitrogens with one attached hydrogen (secondary N) is 1. The maximum absolute atomic E-state index is 13.2. The van der Waals surface area contributed by atoms with Crippen LogP contribution in [-0.4, -0.2) is 35.9 Å². The van der Waals surface area contributed by atoms with Crippen molar-refractivity contribution in [1.82, 2.24) is 10.2 Å². The van der Waals surface area contributed by atoms with Crippen molar-refractivity contribution in [2.45, 2.75) is 59.7 Å². The molecule has 2 aromatic rings. The van der Waals surface area contributed by atoms with Crippen LogP contribution in [0.25, 0.3) is 0 Å². The van der Waals surface area contributed by atoms with E-state index < -0.39 is 6.04 Å². The van der Waals surface area contributed by atoms with Crippen molar-refractivity contribution < 1.29 is 14.3 Å². The molecule has 0 aromatic heterocycles. The number of carbonyl (C=O) groups is 2. The number of benzene rings is 2. The van der Waals surface area contributed by atoms with E-state index >= 15 is 0 Å². The molecule has 5 heteroatoms. The minimum Gasteiger partial charge on any atom is -0.497 e. The quantitative estimate of drug-likeness (QED) is 0.738. The molecule has 156 valence electrons. The normalized spacial score (nSPS) is 11.8. The highest BCUT2D eigenvalue weighted by Gasteiger charge is 2.26. The molecule has 1 unspecified atom stereocenters. The van der Waals surface area contributed by atoms with E-state index in [2.05, 4.69) is 12.2 Å². The van der Waals surface area contributed by atoms with Crippen LogP contribution < -0.4 is 10.1 Å². The van der Waals surface area contributed by atoms with Gasteiger partial charge in [-0.2, -0.15) is 0 Å². The topological polar surface area (TPSA) is 58.6 Å². The molecular formula is C24H32N2O3. The lowest BCUT2D eigenvalue weighted by molar-refractivity contribution is -0.140. The van der Waals surface area contributed by atoms with Gasteiger partial charge in [-0.3, -0.25) is 9.59 Å². The SMILES string of the molecule is COc1ccc(CN(C(=O)Cc2ccc(C)c(C)c2)C(C)C(=O)NC(C)C)cc1. The van der Waals surface area contributed by atoms with Gasteiger partial charge in [-0.1, -0.05) is 30.3 Å². The Balaban J connectivity index is 2.24. The molecule has 0 aliphatic heterocycles. The Bertz CT molecular complexity index is 844. The average Bonchev–Trinajstić information content (AvgIpc) is 2.68. The Morgan fingerprint density at radius 1 is 0.966 bits per heavy atom. The van der Waals surface area contributed by atoms with Gasteiger partial charge in [0.2, 0.25) is 11.8 Å². The monoisotopic (exact) mass is 396 g/mol. The first-order valence-corrected chi connectivity index (χ1v) is 10.00. The van der Waals surface area contributed by atoms with Gasteiger partial charge in [0.25, 0.3) is 0 Å². The first-order chi connectivity index (χ1) is 13.7. The first-order valence-electron chi connectivity index (χ1n) is 10.00. The average molecular weight is 397 g/mol. The zero-order chi connectivity index (χ0) is 21.6. The lowest BCUT2D eigenvalue weighted by Gasteiger charge is -2.29. The van der Waals surface area contributed by atoms with Crippen LogP contribution in [0.3, 0.4) is 0 Å². The van der Waals surface area contributed by atoms with Crippen molar-refractivity contribution in [3.63, 3.8) is 0 Å². The van der Waals surface area contributed by atoms with Crippen LogP contribution in [0.1, 0.15) is 43.0 Å². The maximum Gasteiger partial charge on any atom is 0.242 e. The number of nitrogens with zero attached hydrogens (tertiary/aromatic N) is 1. The highest BCUT2D eigenvalue weighted by molar-refractivity contribution is 5.88. The van der Waals surface area contributed by atoms with Crippen LogP contribution in [0.15, 0.2) is 42.5 Å². The van der Waals surface area contributed by atoms with Gasteiger partial charge >= 0.3 is 0 Å². The highest BCUT2D eigenvalue weighted by atomic mass is 16.5. The number of hydrogen-bond acceptors (Lipinski definition) is 3. The molecular weight excluding hydrogens is 364 g/mol. The summed E-state index contributed by atoms with van der Waals surface area (Å²) in [4.78, 5) is 27.5. The fourth-order valence-electron chi connectivity index (χ4n) is 3.11. The molecule has 0 aliphatic carbocycles. The van der Waals surface area contributed by atoms with E-state index in [9.17, 15) is 9.59 Å². The third kappa shape index (κ3) is 6.34. The summed E-state index contributed by atoms with van der Waals surface area (Å²) in [7, 11) is 1.62. The molecule has 0 saturated carbocycles. The Morgan fingerprint density at radius 3 is 2.14 bits per heavy atom. The van der Waals surface area contributed by atoms with Gasteiger partial charge < -0.3 is 15.0 Å². The van der Waals surface area contributed by atoms with Crippen LogP contribution >= 0.6 is 0 Å². The van der Waals surface area contributed by atoms with Crippen LogP contribution in [0.2, 0.25) is 0 Å². The summed E-state index contributed by atoms with van der Waals surface area (Å²) in [5, 5.41) is 2.91. The summed E-state index contributed by atoms with van der Waals surface area (Å²) in [5.41, 5.74) is 4.25. The number of methoxy groups -OCH3 is 1.